The summed E-state index contributed by atoms with van der Waals surface area (Å²) in [6.07, 6.45) is 3.36. The number of rotatable bonds is 1. The molecule has 0 amide bonds. The molecule has 2 rings (SSSR count). The topological polar surface area (TPSA) is 67.6 Å². The van der Waals surface area contributed by atoms with Gasteiger partial charge in [0.2, 0.25) is 0 Å². The van der Waals surface area contributed by atoms with Crippen molar-refractivity contribution in [3.63, 3.8) is 0 Å². The first-order chi connectivity index (χ1) is 6.27. The van der Waals surface area contributed by atoms with Crippen LogP contribution in [0.15, 0.2) is 24.5 Å². The lowest BCUT2D eigenvalue weighted by molar-refractivity contribution is 1.09. The van der Waals surface area contributed by atoms with Gasteiger partial charge in [0.05, 0.1) is 16.9 Å². The predicted molar refractivity (Wildman–Crippen MR) is 51.2 cm³/mol. The van der Waals surface area contributed by atoms with Crippen LogP contribution in [-0.4, -0.2) is 15.2 Å². The van der Waals surface area contributed by atoms with E-state index >= 15 is 0 Å². The molecule has 0 saturated heterocycles. The minimum atomic E-state index is 0.445. The largest absolute Gasteiger partial charge is 0.384 e. The molecule has 0 saturated carbocycles. The highest BCUT2D eigenvalue weighted by atomic mass is 35.5. The summed E-state index contributed by atoms with van der Waals surface area (Å²) in [4.78, 5) is 4.10. The van der Waals surface area contributed by atoms with Crippen molar-refractivity contribution in [1.82, 2.24) is 15.2 Å². The average Bonchev–Trinajstić information content (AvgIpc) is 2.61. The van der Waals surface area contributed by atoms with Crippen LogP contribution in [-0.2, 0) is 0 Å². The van der Waals surface area contributed by atoms with E-state index in [0.29, 0.717) is 16.5 Å². The number of aromatic amines is 1. The van der Waals surface area contributed by atoms with Crippen molar-refractivity contribution < 1.29 is 0 Å². The van der Waals surface area contributed by atoms with E-state index in [1.807, 2.05) is 0 Å². The van der Waals surface area contributed by atoms with Crippen LogP contribution < -0.4 is 5.73 Å². The van der Waals surface area contributed by atoms with Crippen molar-refractivity contribution >= 4 is 17.4 Å². The molecule has 0 radical (unpaired) electrons. The van der Waals surface area contributed by atoms with E-state index < -0.39 is 0 Å². The van der Waals surface area contributed by atoms with Gasteiger partial charge in [-0.2, -0.15) is 5.10 Å². The summed E-state index contributed by atoms with van der Waals surface area (Å²) >= 11 is 5.93. The number of anilines is 1. The number of nitrogens with one attached hydrogen (secondary N) is 1. The second-order valence-electron chi connectivity index (χ2n) is 2.55. The lowest BCUT2D eigenvalue weighted by Crippen LogP contribution is -1.91. The summed E-state index contributed by atoms with van der Waals surface area (Å²) in [5, 5.41) is 7.06. The molecule has 2 aromatic rings. The minimum Gasteiger partial charge on any atom is -0.384 e. The number of halogens is 1. The highest BCUT2D eigenvalue weighted by molar-refractivity contribution is 6.33. The van der Waals surface area contributed by atoms with Crippen molar-refractivity contribution in [3.05, 3.63) is 29.5 Å². The van der Waals surface area contributed by atoms with Crippen molar-refractivity contribution in [2.75, 3.05) is 5.73 Å². The smallest absolute Gasteiger partial charge is 0.124 e. The Balaban J connectivity index is 2.57. The second kappa shape index (κ2) is 3.06. The van der Waals surface area contributed by atoms with E-state index in [1.54, 1.807) is 24.5 Å². The Morgan fingerprint density at radius 1 is 1.38 bits per heavy atom. The fourth-order valence-corrected chi connectivity index (χ4v) is 1.25. The van der Waals surface area contributed by atoms with Crippen LogP contribution in [0.1, 0.15) is 0 Å². The molecule has 0 aliphatic rings. The second-order valence-corrected chi connectivity index (χ2v) is 2.96. The van der Waals surface area contributed by atoms with Crippen LogP contribution in [0.25, 0.3) is 11.3 Å². The molecule has 66 valence electrons. The first kappa shape index (κ1) is 8.07. The number of nitrogen functional groups attached to an aromatic ring is 1. The van der Waals surface area contributed by atoms with Gasteiger partial charge in [0.15, 0.2) is 0 Å². The van der Waals surface area contributed by atoms with Crippen molar-refractivity contribution in [2.45, 2.75) is 0 Å². The molecule has 0 unspecified atom stereocenters. The molecule has 2 aromatic heterocycles. The summed E-state index contributed by atoms with van der Waals surface area (Å²) in [5.41, 5.74) is 7.01. The molecule has 0 atom stereocenters. The monoisotopic (exact) mass is 194 g/mol. The Labute approximate surface area is 79.7 Å². The Hall–Kier alpha value is -1.55. The van der Waals surface area contributed by atoms with Gasteiger partial charge in [-0.15, -0.1) is 0 Å². The third-order valence-corrected chi connectivity index (χ3v) is 1.94. The summed E-state index contributed by atoms with van der Waals surface area (Å²) in [5.74, 6) is 0.445. The van der Waals surface area contributed by atoms with Gasteiger partial charge in [-0.3, -0.25) is 5.10 Å². The van der Waals surface area contributed by atoms with Crippen LogP contribution in [0.4, 0.5) is 5.82 Å². The van der Waals surface area contributed by atoms with Crippen molar-refractivity contribution in [2.24, 2.45) is 0 Å². The van der Waals surface area contributed by atoms with E-state index in [2.05, 4.69) is 15.2 Å². The standard InChI is InChI=1S/C8H7ClN4/c9-6-1-2-7(10)13-8(6)5-3-11-12-4-5/h1-4H,(H2,10,13)(H,11,12). The van der Waals surface area contributed by atoms with Gasteiger partial charge in [0, 0.05) is 11.8 Å². The van der Waals surface area contributed by atoms with Gasteiger partial charge in [-0.1, -0.05) is 11.6 Å². The van der Waals surface area contributed by atoms with Crippen molar-refractivity contribution in [1.29, 1.82) is 0 Å². The molecule has 0 spiro atoms. The van der Waals surface area contributed by atoms with E-state index in [-0.39, 0.29) is 0 Å². The molecule has 5 heteroatoms. The molecule has 0 fully saturated rings. The Morgan fingerprint density at radius 2 is 2.23 bits per heavy atom. The molecule has 2 heterocycles. The average molecular weight is 195 g/mol. The normalized spacial score (nSPS) is 10.2. The molecular weight excluding hydrogens is 188 g/mol. The first-order valence-electron chi connectivity index (χ1n) is 3.68. The van der Waals surface area contributed by atoms with Gasteiger partial charge in [0.25, 0.3) is 0 Å². The first-order valence-corrected chi connectivity index (χ1v) is 4.06. The number of hydrogen-bond donors (Lipinski definition) is 2. The maximum atomic E-state index is 5.93. The number of aromatic nitrogens is 3. The lowest BCUT2D eigenvalue weighted by Gasteiger charge is -2.00. The Kier molecular flexibility index (Phi) is 1.90. The Bertz CT molecular complexity index is 410. The van der Waals surface area contributed by atoms with E-state index in [0.717, 1.165) is 5.56 Å². The van der Waals surface area contributed by atoms with Crippen LogP contribution in [0, 0.1) is 0 Å². The van der Waals surface area contributed by atoms with Crippen LogP contribution in [0.5, 0.6) is 0 Å². The lowest BCUT2D eigenvalue weighted by atomic mass is 10.2. The molecule has 0 aliphatic heterocycles. The molecule has 13 heavy (non-hydrogen) atoms. The van der Waals surface area contributed by atoms with Gasteiger partial charge in [0.1, 0.15) is 5.82 Å². The number of nitrogens with two attached hydrogens (primary N) is 1. The Morgan fingerprint density at radius 3 is 2.92 bits per heavy atom. The molecule has 0 aromatic carbocycles. The van der Waals surface area contributed by atoms with Gasteiger partial charge >= 0.3 is 0 Å². The van der Waals surface area contributed by atoms with E-state index in [4.69, 9.17) is 17.3 Å². The number of H-pyrrole nitrogens is 1. The fraction of sp³-hybridized carbons (Fsp3) is 0. The van der Waals surface area contributed by atoms with E-state index in [1.165, 1.54) is 0 Å². The molecule has 3 N–H and O–H groups in total. The maximum absolute atomic E-state index is 5.93. The number of nitrogens with zero attached hydrogens (tertiary/aromatic N) is 2. The zero-order chi connectivity index (χ0) is 9.26. The molecule has 0 aliphatic carbocycles. The van der Waals surface area contributed by atoms with Crippen LogP contribution in [0.2, 0.25) is 5.02 Å². The summed E-state index contributed by atoms with van der Waals surface area (Å²) in [6, 6.07) is 3.37. The SMILES string of the molecule is Nc1ccc(Cl)c(-c2cn[nH]c2)n1. The number of pyridine rings is 1. The highest BCUT2D eigenvalue weighted by Gasteiger charge is 2.05. The van der Waals surface area contributed by atoms with Crippen molar-refractivity contribution in [3.8, 4) is 11.3 Å². The zero-order valence-corrected chi connectivity index (χ0v) is 7.42. The summed E-state index contributed by atoms with van der Waals surface area (Å²) in [7, 11) is 0. The fourth-order valence-electron chi connectivity index (χ4n) is 1.04. The quantitative estimate of drug-likeness (QED) is 0.726. The number of hydrogen-bond acceptors (Lipinski definition) is 3. The molecular formula is C8H7ClN4. The molecule has 0 bridgehead atoms. The maximum Gasteiger partial charge on any atom is 0.124 e. The third-order valence-electron chi connectivity index (χ3n) is 1.64. The van der Waals surface area contributed by atoms with Gasteiger partial charge < -0.3 is 5.73 Å². The van der Waals surface area contributed by atoms with Crippen LogP contribution in [0.3, 0.4) is 0 Å². The highest BCUT2D eigenvalue weighted by Crippen LogP contribution is 2.25. The third kappa shape index (κ3) is 1.48. The zero-order valence-electron chi connectivity index (χ0n) is 6.66. The molecule has 4 nitrogen and oxygen atoms in total. The minimum absolute atomic E-state index is 0.445. The van der Waals surface area contributed by atoms with E-state index in [9.17, 15) is 0 Å². The predicted octanol–water partition coefficient (Wildman–Crippen LogP) is 1.71. The van der Waals surface area contributed by atoms with Gasteiger partial charge in [-0.25, -0.2) is 4.98 Å². The summed E-state index contributed by atoms with van der Waals surface area (Å²) < 4.78 is 0. The van der Waals surface area contributed by atoms with Crippen LogP contribution >= 0.6 is 11.6 Å². The summed E-state index contributed by atoms with van der Waals surface area (Å²) in [6.45, 7) is 0. The van der Waals surface area contributed by atoms with Gasteiger partial charge in [-0.05, 0) is 12.1 Å².